The van der Waals surface area contributed by atoms with E-state index in [1.807, 2.05) is 29.1 Å². The molecule has 0 bridgehead atoms. The van der Waals surface area contributed by atoms with Gasteiger partial charge < -0.3 is 15.0 Å². The van der Waals surface area contributed by atoms with Gasteiger partial charge in [0.1, 0.15) is 0 Å². The number of carbonyl (C=O) groups excluding carboxylic acids is 1. The van der Waals surface area contributed by atoms with Crippen molar-refractivity contribution in [3.8, 4) is 5.69 Å². The third kappa shape index (κ3) is 5.70. The van der Waals surface area contributed by atoms with E-state index in [2.05, 4.69) is 34.4 Å². The van der Waals surface area contributed by atoms with Crippen LogP contribution in [0.4, 0.5) is 0 Å². The molecule has 1 fully saturated rings. The normalized spacial score (nSPS) is 15.1. The van der Waals surface area contributed by atoms with Crippen LogP contribution in [-0.2, 0) is 16.1 Å². The molecule has 0 amide bonds. The number of carbonyl (C=O) groups is 1. The van der Waals surface area contributed by atoms with E-state index in [-0.39, 0.29) is 35.9 Å². The number of aromatic nitrogens is 2. The Morgan fingerprint density at radius 1 is 1.32 bits per heavy atom. The molecular weight excluding hydrogens is 469 g/mol. The minimum Gasteiger partial charge on any atom is -0.469 e. The Morgan fingerprint density at radius 2 is 2.11 bits per heavy atom. The van der Waals surface area contributed by atoms with E-state index in [0.717, 1.165) is 49.7 Å². The maximum Gasteiger partial charge on any atom is 0.308 e. The fourth-order valence-electron chi connectivity index (χ4n) is 3.30. The average molecular weight is 497 g/mol. The Balaban J connectivity index is 0.00000280. The molecule has 0 radical (unpaired) electrons. The Kier molecular flexibility index (Phi) is 8.75. The molecule has 1 aromatic heterocycles. The van der Waals surface area contributed by atoms with Crippen LogP contribution in [0.2, 0.25) is 0 Å². The van der Waals surface area contributed by atoms with E-state index in [9.17, 15) is 4.79 Å². The van der Waals surface area contributed by atoms with Gasteiger partial charge >= 0.3 is 5.97 Å². The van der Waals surface area contributed by atoms with Crippen LogP contribution in [0.5, 0.6) is 0 Å². The van der Waals surface area contributed by atoms with Crippen molar-refractivity contribution in [1.29, 1.82) is 0 Å². The minimum absolute atomic E-state index is 0. The monoisotopic (exact) mass is 497 g/mol. The SMILES string of the molecule is CCNC(=NCc1cccc(-n2cccn2)c1)N1CCC(C(=O)OC)CC1.I. The molecule has 7 nitrogen and oxygen atoms in total. The number of likely N-dealkylation sites (tertiary alicyclic amines) is 1. The molecule has 1 aliphatic rings. The first-order valence-corrected chi connectivity index (χ1v) is 9.41. The molecule has 2 aromatic rings. The number of guanidine groups is 1. The van der Waals surface area contributed by atoms with Crippen molar-refractivity contribution in [2.75, 3.05) is 26.7 Å². The third-order valence-corrected chi connectivity index (χ3v) is 4.75. The van der Waals surface area contributed by atoms with Crippen molar-refractivity contribution in [3.05, 3.63) is 48.3 Å². The van der Waals surface area contributed by atoms with E-state index < -0.39 is 0 Å². The van der Waals surface area contributed by atoms with E-state index in [1.54, 1.807) is 6.20 Å². The summed E-state index contributed by atoms with van der Waals surface area (Å²) in [5.41, 5.74) is 2.15. The van der Waals surface area contributed by atoms with E-state index in [4.69, 9.17) is 9.73 Å². The summed E-state index contributed by atoms with van der Waals surface area (Å²) >= 11 is 0. The van der Waals surface area contributed by atoms with Gasteiger partial charge in [-0.2, -0.15) is 5.10 Å². The predicted octanol–water partition coefficient (Wildman–Crippen LogP) is 2.84. The Labute approximate surface area is 183 Å². The highest BCUT2D eigenvalue weighted by Crippen LogP contribution is 2.19. The number of benzene rings is 1. The number of piperidine rings is 1. The van der Waals surface area contributed by atoms with Gasteiger partial charge in [-0.05, 0) is 43.5 Å². The van der Waals surface area contributed by atoms with Gasteiger partial charge in [-0.25, -0.2) is 9.67 Å². The van der Waals surface area contributed by atoms with Gasteiger partial charge in [0.2, 0.25) is 0 Å². The molecule has 1 N–H and O–H groups in total. The van der Waals surface area contributed by atoms with Crippen molar-refractivity contribution in [1.82, 2.24) is 20.0 Å². The molecule has 3 rings (SSSR count). The number of rotatable bonds is 5. The number of hydrogen-bond acceptors (Lipinski definition) is 4. The topological polar surface area (TPSA) is 71.8 Å². The number of nitrogens with zero attached hydrogens (tertiary/aromatic N) is 4. The number of hydrogen-bond donors (Lipinski definition) is 1. The first-order chi connectivity index (χ1) is 13.2. The van der Waals surface area contributed by atoms with Gasteiger partial charge in [0.25, 0.3) is 0 Å². The number of esters is 1. The molecule has 1 aliphatic heterocycles. The van der Waals surface area contributed by atoms with Gasteiger partial charge in [0.05, 0.1) is 25.3 Å². The molecule has 0 unspecified atom stereocenters. The fraction of sp³-hybridized carbons (Fsp3) is 0.450. The maximum atomic E-state index is 11.7. The van der Waals surface area contributed by atoms with Crippen LogP contribution in [0.3, 0.4) is 0 Å². The molecule has 1 aromatic carbocycles. The third-order valence-electron chi connectivity index (χ3n) is 4.75. The summed E-state index contributed by atoms with van der Waals surface area (Å²) in [5.74, 6) is 0.789. The lowest BCUT2D eigenvalue weighted by Crippen LogP contribution is -2.46. The number of nitrogens with one attached hydrogen (secondary N) is 1. The van der Waals surface area contributed by atoms with Crippen molar-refractivity contribution in [2.24, 2.45) is 10.9 Å². The predicted molar refractivity (Wildman–Crippen MR) is 120 cm³/mol. The summed E-state index contributed by atoms with van der Waals surface area (Å²) in [6.45, 7) is 5.07. The summed E-state index contributed by atoms with van der Waals surface area (Å²) in [6.07, 6.45) is 5.29. The quantitative estimate of drug-likeness (QED) is 0.298. The van der Waals surface area contributed by atoms with E-state index in [0.29, 0.717) is 6.54 Å². The van der Waals surface area contributed by atoms with Crippen molar-refractivity contribution in [3.63, 3.8) is 0 Å². The Bertz CT molecular complexity index is 771. The zero-order valence-corrected chi connectivity index (χ0v) is 18.7. The largest absolute Gasteiger partial charge is 0.469 e. The molecule has 2 heterocycles. The fourth-order valence-corrected chi connectivity index (χ4v) is 3.30. The van der Waals surface area contributed by atoms with Crippen LogP contribution < -0.4 is 5.32 Å². The van der Waals surface area contributed by atoms with Crippen LogP contribution in [0, 0.1) is 5.92 Å². The average Bonchev–Trinajstić information content (AvgIpc) is 3.26. The van der Waals surface area contributed by atoms with Crippen molar-refractivity contribution >= 4 is 35.9 Å². The maximum absolute atomic E-state index is 11.7. The highest BCUT2D eigenvalue weighted by molar-refractivity contribution is 14.0. The molecule has 0 spiro atoms. The summed E-state index contributed by atoms with van der Waals surface area (Å²) < 4.78 is 6.71. The summed E-state index contributed by atoms with van der Waals surface area (Å²) in [7, 11) is 1.46. The van der Waals surface area contributed by atoms with Crippen LogP contribution in [0.25, 0.3) is 5.69 Å². The first-order valence-electron chi connectivity index (χ1n) is 9.41. The van der Waals surface area contributed by atoms with Crippen molar-refractivity contribution in [2.45, 2.75) is 26.3 Å². The highest BCUT2D eigenvalue weighted by atomic mass is 127. The van der Waals surface area contributed by atoms with Gasteiger partial charge in [-0.15, -0.1) is 24.0 Å². The molecule has 8 heteroatoms. The number of methoxy groups -OCH3 is 1. The van der Waals surface area contributed by atoms with Crippen LogP contribution in [-0.4, -0.2) is 53.4 Å². The summed E-state index contributed by atoms with van der Waals surface area (Å²) in [5, 5.41) is 7.64. The first kappa shape index (κ1) is 22.2. The van der Waals surface area contributed by atoms with Crippen LogP contribution in [0.1, 0.15) is 25.3 Å². The molecule has 152 valence electrons. The molecule has 0 atom stereocenters. The zero-order valence-electron chi connectivity index (χ0n) is 16.4. The zero-order chi connectivity index (χ0) is 19.1. The lowest BCUT2D eigenvalue weighted by atomic mass is 9.97. The molecular formula is C20H28IN5O2. The van der Waals surface area contributed by atoms with Gasteiger partial charge in [0.15, 0.2) is 5.96 Å². The lowest BCUT2D eigenvalue weighted by molar-refractivity contribution is -0.146. The van der Waals surface area contributed by atoms with Crippen LogP contribution in [0.15, 0.2) is 47.7 Å². The minimum atomic E-state index is -0.105. The molecule has 1 saturated heterocycles. The second-order valence-corrected chi connectivity index (χ2v) is 6.58. The number of halogens is 1. The Morgan fingerprint density at radius 3 is 2.75 bits per heavy atom. The van der Waals surface area contributed by atoms with Crippen LogP contribution >= 0.6 is 24.0 Å². The molecule has 0 aliphatic carbocycles. The second-order valence-electron chi connectivity index (χ2n) is 6.58. The van der Waals surface area contributed by atoms with E-state index >= 15 is 0 Å². The standard InChI is InChI=1S/C20H27N5O2.HI/c1-3-21-20(24-12-8-17(9-13-24)19(26)27-2)22-15-16-6-4-7-18(14-16)25-11-5-10-23-25;/h4-7,10-11,14,17H,3,8-9,12-13,15H2,1-2H3,(H,21,22);1H. The lowest BCUT2D eigenvalue weighted by Gasteiger charge is -2.33. The second kappa shape index (κ2) is 11.0. The number of aliphatic imine (C=N–C) groups is 1. The highest BCUT2D eigenvalue weighted by Gasteiger charge is 2.26. The van der Waals surface area contributed by atoms with Gasteiger partial charge in [0, 0.05) is 32.0 Å². The molecule has 0 saturated carbocycles. The Hall–Kier alpha value is -2.10. The van der Waals surface area contributed by atoms with E-state index in [1.165, 1.54) is 7.11 Å². The smallest absolute Gasteiger partial charge is 0.308 e. The summed E-state index contributed by atoms with van der Waals surface area (Å²) in [4.78, 5) is 18.7. The number of ether oxygens (including phenoxy) is 1. The van der Waals surface area contributed by atoms with Gasteiger partial charge in [-0.1, -0.05) is 12.1 Å². The van der Waals surface area contributed by atoms with Crippen molar-refractivity contribution < 1.29 is 9.53 Å². The summed E-state index contributed by atoms with van der Waals surface area (Å²) in [6, 6.07) is 10.1. The molecule has 28 heavy (non-hydrogen) atoms. The van der Waals surface area contributed by atoms with Gasteiger partial charge in [-0.3, -0.25) is 4.79 Å².